The molecule has 0 saturated carbocycles. The van der Waals surface area contributed by atoms with Crippen molar-refractivity contribution >= 4 is 11.8 Å². The molecule has 18 heavy (non-hydrogen) atoms. The van der Waals surface area contributed by atoms with Gasteiger partial charge in [0.1, 0.15) is 0 Å². The van der Waals surface area contributed by atoms with Crippen LogP contribution in [0.5, 0.6) is 0 Å². The lowest BCUT2D eigenvalue weighted by Crippen LogP contribution is -2.25. The summed E-state index contributed by atoms with van der Waals surface area (Å²) in [5.74, 6) is 2.06. The molecule has 2 atom stereocenters. The standard InChI is InChI=1S/C16H27NS/c1-12(2)10-11-18-14(4)16(17-5)15-8-6-13(3)7-9-15/h6-9,12,14,16-17H,10-11H2,1-5H3. The molecular formula is C16H27NS. The van der Waals surface area contributed by atoms with Gasteiger partial charge in [0.2, 0.25) is 0 Å². The Balaban J connectivity index is 2.56. The van der Waals surface area contributed by atoms with E-state index >= 15 is 0 Å². The molecule has 1 nitrogen and oxygen atoms in total. The summed E-state index contributed by atoms with van der Waals surface area (Å²) in [5, 5.41) is 4.06. The van der Waals surface area contributed by atoms with Crippen LogP contribution in [0.25, 0.3) is 0 Å². The molecule has 2 heteroatoms. The van der Waals surface area contributed by atoms with Gasteiger partial charge in [-0.25, -0.2) is 0 Å². The molecule has 1 N–H and O–H groups in total. The molecule has 0 aromatic heterocycles. The highest BCUT2D eigenvalue weighted by atomic mass is 32.2. The third-order valence-corrected chi connectivity index (χ3v) is 4.56. The van der Waals surface area contributed by atoms with Crippen molar-refractivity contribution in [2.24, 2.45) is 5.92 Å². The van der Waals surface area contributed by atoms with Crippen LogP contribution in [-0.4, -0.2) is 18.1 Å². The summed E-state index contributed by atoms with van der Waals surface area (Å²) < 4.78 is 0. The molecule has 2 unspecified atom stereocenters. The van der Waals surface area contributed by atoms with E-state index in [1.807, 2.05) is 0 Å². The van der Waals surface area contributed by atoms with Crippen LogP contribution in [0.15, 0.2) is 24.3 Å². The van der Waals surface area contributed by atoms with E-state index in [9.17, 15) is 0 Å². The van der Waals surface area contributed by atoms with E-state index < -0.39 is 0 Å². The summed E-state index contributed by atoms with van der Waals surface area (Å²) in [6, 6.07) is 9.34. The van der Waals surface area contributed by atoms with Crippen LogP contribution in [0.4, 0.5) is 0 Å². The topological polar surface area (TPSA) is 12.0 Å². The van der Waals surface area contributed by atoms with E-state index in [1.165, 1.54) is 23.3 Å². The fraction of sp³-hybridized carbons (Fsp3) is 0.625. The molecule has 0 spiro atoms. The number of benzene rings is 1. The van der Waals surface area contributed by atoms with E-state index in [2.05, 4.69) is 76.1 Å². The molecule has 0 aliphatic carbocycles. The first-order valence-electron chi connectivity index (χ1n) is 6.90. The Morgan fingerprint density at radius 3 is 2.22 bits per heavy atom. The first kappa shape index (κ1) is 15.6. The molecule has 0 amide bonds. The van der Waals surface area contributed by atoms with Gasteiger partial charge >= 0.3 is 0 Å². The van der Waals surface area contributed by atoms with Gasteiger partial charge in [-0.05, 0) is 37.6 Å². The Labute approximate surface area is 117 Å². The molecule has 0 saturated heterocycles. The van der Waals surface area contributed by atoms with Crippen molar-refractivity contribution in [3.8, 4) is 0 Å². The van der Waals surface area contributed by atoms with Crippen molar-refractivity contribution in [2.45, 2.75) is 45.4 Å². The van der Waals surface area contributed by atoms with Crippen molar-refractivity contribution in [2.75, 3.05) is 12.8 Å². The fourth-order valence-electron chi connectivity index (χ4n) is 2.03. The minimum absolute atomic E-state index is 0.447. The van der Waals surface area contributed by atoms with Crippen LogP contribution < -0.4 is 5.32 Å². The van der Waals surface area contributed by atoms with Crippen molar-refractivity contribution in [1.82, 2.24) is 5.32 Å². The molecule has 102 valence electrons. The lowest BCUT2D eigenvalue weighted by atomic mass is 10.0. The second kappa shape index (κ2) is 7.85. The summed E-state index contributed by atoms with van der Waals surface area (Å²) in [5.41, 5.74) is 2.72. The highest BCUT2D eigenvalue weighted by molar-refractivity contribution is 7.99. The quantitative estimate of drug-likeness (QED) is 0.783. The first-order chi connectivity index (χ1) is 8.54. The Kier molecular flexibility index (Phi) is 6.80. The molecule has 1 rings (SSSR count). The zero-order valence-electron chi connectivity index (χ0n) is 12.4. The second-order valence-electron chi connectivity index (χ2n) is 5.44. The Bertz CT molecular complexity index is 331. The van der Waals surface area contributed by atoms with E-state index in [0.29, 0.717) is 11.3 Å². The second-order valence-corrected chi connectivity index (χ2v) is 6.92. The zero-order valence-corrected chi connectivity index (χ0v) is 13.2. The van der Waals surface area contributed by atoms with Crippen molar-refractivity contribution in [3.63, 3.8) is 0 Å². The predicted molar refractivity (Wildman–Crippen MR) is 84.4 cm³/mol. The number of aryl methyl sites for hydroxylation is 1. The minimum Gasteiger partial charge on any atom is -0.312 e. The third kappa shape index (κ3) is 5.03. The normalized spacial score (nSPS) is 14.8. The smallest absolute Gasteiger partial charge is 0.0435 e. The molecule has 0 aliphatic heterocycles. The molecule has 0 aliphatic rings. The van der Waals surface area contributed by atoms with Crippen LogP contribution >= 0.6 is 11.8 Å². The van der Waals surface area contributed by atoms with Gasteiger partial charge < -0.3 is 5.32 Å². The predicted octanol–water partition coefficient (Wildman–Crippen LogP) is 4.42. The van der Waals surface area contributed by atoms with E-state index in [0.717, 1.165) is 5.92 Å². The molecule has 1 aromatic rings. The van der Waals surface area contributed by atoms with Crippen molar-refractivity contribution in [1.29, 1.82) is 0 Å². The highest BCUT2D eigenvalue weighted by Gasteiger charge is 2.17. The fourth-order valence-corrected chi connectivity index (χ4v) is 3.50. The summed E-state index contributed by atoms with van der Waals surface area (Å²) in [4.78, 5) is 0. The van der Waals surface area contributed by atoms with Gasteiger partial charge in [-0.2, -0.15) is 11.8 Å². The van der Waals surface area contributed by atoms with Gasteiger partial charge in [-0.1, -0.05) is 50.6 Å². The molecule has 1 aromatic carbocycles. The number of rotatable bonds is 7. The molecule has 0 bridgehead atoms. The van der Waals surface area contributed by atoms with Crippen LogP contribution in [0, 0.1) is 12.8 Å². The van der Waals surface area contributed by atoms with Gasteiger partial charge in [0, 0.05) is 11.3 Å². The van der Waals surface area contributed by atoms with Gasteiger partial charge in [0.25, 0.3) is 0 Å². The van der Waals surface area contributed by atoms with Crippen molar-refractivity contribution < 1.29 is 0 Å². The Morgan fingerprint density at radius 1 is 1.11 bits per heavy atom. The maximum absolute atomic E-state index is 3.45. The van der Waals surface area contributed by atoms with E-state index in [-0.39, 0.29) is 0 Å². The third-order valence-electron chi connectivity index (χ3n) is 3.29. The average Bonchev–Trinajstić information content (AvgIpc) is 2.32. The lowest BCUT2D eigenvalue weighted by Gasteiger charge is -2.24. The van der Waals surface area contributed by atoms with Gasteiger partial charge in [0.15, 0.2) is 0 Å². The van der Waals surface area contributed by atoms with Gasteiger partial charge in [-0.3, -0.25) is 0 Å². The molecule has 0 radical (unpaired) electrons. The maximum atomic E-state index is 3.45. The van der Waals surface area contributed by atoms with Gasteiger partial charge in [0.05, 0.1) is 0 Å². The number of hydrogen-bond donors (Lipinski definition) is 1. The van der Waals surface area contributed by atoms with Crippen LogP contribution in [-0.2, 0) is 0 Å². The summed E-state index contributed by atoms with van der Waals surface area (Å²) in [6.07, 6.45) is 1.30. The monoisotopic (exact) mass is 265 g/mol. The van der Waals surface area contributed by atoms with E-state index in [4.69, 9.17) is 0 Å². The van der Waals surface area contributed by atoms with Crippen molar-refractivity contribution in [3.05, 3.63) is 35.4 Å². The van der Waals surface area contributed by atoms with E-state index in [1.54, 1.807) is 0 Å². The summed E-state index contributed by atoms with van der Waals surface area (Å²) in [6.45, 7) is 9.05. The number of nitrogens with one attached hydrogen (secondary N) is 1. The number of hydrogen-bond acceptors (Lipinski definition) is 2. The minimum atomic E-state index is 0.447. The molecule has 0 heterocycles. The maximum Gasteiger partial charge on any atom is 0.0435 e. The SMILES string of the molecule is CNC(c1ccc(C)cc1)C(C)SCCC(C)C. The summed E-state index contributed by atoms with van der Waals surface area (Å²) in [7, 11) is 2.06. The zero-order chi connectivity index (χ0) is 13.5. The number of thioether (sulfide) groups is 1. The average molecular weight is 265 g/mol. The lowest BCUT2D eigenvalue weighted by molar-refractivity contribution is 0.585. The van der Waals surface area contributed by atoms with Crippen LogP contribution in [0.2, 0.25) is 0 Å². The largest absolute Gasteiger partial charge is 0.312 e. The molecule has 0 fully saturated rings. The van der Waals surface area contributed by atoms with Gasteiger partial charge in [-0.15, -0.1) is 0 Å². The summed E-state index contributed by atoms with van der Waals surface area (Å²) >= 11 is 2.07. The first-order valence-corrected chi connectivity index (χ1v) is 7.95. The highest BCUT2D eigenvalue weighted by Crippen LogP contribution is 2.27. The Morgan fingerprint density at radius 2 is 1.72 bits per heavy atom. The Hall–Kier alpha value is -0.470. The van der Waals surface area contributed by atoms with Crippen LogP contribution in [0.1, 0.15) is 44.4 Å². The molecular weight excluding hydrogens is 238 g/mol. The van der Waals surface area contributed by atoms with Crippen LogP contribution in [0.3, 0.4) is 0 Å².